The molecule has 1 aromatic heterocycles. The van der Waals surface area contributed by atoms with E-state index in [0.29, 0.717) is 41.3 Å². The Hall–Kier alpha value is -3.27. The van der Waals surface area contributed by atoms with E-state index < -0.39 is 5.56 Å². The van der Waals surface area contributed by atoms with Gasteiger partial charge < -0.3 is 14.6 Å². The van der Waals surface area contributed by atoms with Gasteiger partial charge in [-0.3, -0.25) is 14.4 Å². The minimum atomic E-state index is -0.486. The monoisotopic (exact) mass is 369 g/mol. The SMILES string of the molecule is CCCCn1c(O)c(C=Nc2ccc(OC)cc2OC)c(C)c(C#N)c1=O. The third-order valence-corrected chi connectivity index (χ3v) is 4.30. The maximum atomic E-state index is 12.4. The van der Waals surface area contributed by atoms with Crippen LogP contribution in [0, 0.1) is 18.3 Å². The minimum absolute atomic E-state index is 0.00653. The molecule has 1 heterocycles. The van der Waals surface area contributed by atoms with Crippen LogP contribution in [0.1, 0.15) is 36.5 Å². The molecule has 0 saturated carbocycles. The smallest absolute Gasteiger partial charge is 0.271 e. The molecule has 0 saturated heterocycles. The van der Waals surface area contributed by atoms with Gasteiger partial charge in [-0.1, -0.05) is 13.3 Å². The van der Waals surface area contributed by atoms with Crippen molar-refractivity contribution in [3.8, 4) is 23.4 Å². The van der Waals surface area contributed by atoms with Crippen LogP contribution in [-0.2, 0) is 6.54 Å². The number of benzene rings is 1. The molecule has 0 atom stereocenters. The first-order chi connectivity index (χ1) is 13.0. The largest absolute Gasteiger partial charge is 0.497 e. The van der Waals surface area contributed by atoms with Crippen LogP contribution >= 0.6 is 0 Å². The lowest BCUT2D eigenvalue weighted by Crippen LogP contribution is -2.25. The quantitative estimate of drug-likeness (QED) is 0.755. The van der Waals surface area contributed by atoms with E-state index in [0.717, 1.165) is 6.42 Å². The molecule has 7 nitrogen and oxygen atoms in total. The van der Waals surface area contributed by atoms with Crippen molar-refractivity contribution in [3.05, 3.63) is 45.2 Å². The van der Waals surface area contributed by atoms with Crippen LogP contribution in [0.3, 0.4) is 0 Å². The Morgan fingerprint density at radius 1 is 1.33 bits per heavy atom. The van der Waals surface area contributed by atoms with Crippen LogP contribution in [0.2, 0.25) is 0 Å². The van der Waals surface area contributed by atoms with Crippen molar-refractivity contribution in [1.29, 1.82) is 5.26 Å². The summed E-state index contributed by atoms with van der Waals surface area (Å²) in [5.74, 6) is 0.938. The summed E-state index contributed by atoms with van der Waals surface area (Å²) in [6.07, 6.45) is 3.01. The van der Waals surface area contributed by atoms with Crippen molar-refractivity contribution in [2.24, 2.45) is 4.99 Å². The Morgan fingerprint density at radius 2 is 2.07 bits per heavy atom. The highest BCUT2D eigenvalue weighted by Crippen LogP contribution is 2.32. The van der Waals surface area contributed by atoms with Gasteiger partial charge in [0.1, 0.15) is 28.8 Å². The van der Waals surface area contributed by atoms with Crippen molar-refractivity contribution in [1.82, 2.24) is 4.57 Å². The Labute approximate surface area is 158 Å². The molecule has 0 aliphatic carbocycles. The number of aromatic nitrogens is 1. The number of nitrogens with zero attached hydrogens (tertiary/aromatic N) is 3. The van der Waals surface area contributed by atoms with Crippen LogP contribution in [-0.4, -0.2) is 30.1 Å². The third kappa shape index (κ3) is 4.11. The van der Waals surface area contributed by atoms with Crippen LogP contribution < -0.4 is 15.0 Å². The molecule has 2 rings (SSSR count). The van der Waals surface area contributed by atoms with E-state index >= 15 is 0 Å². The highest BCUT2D eigenvalue weighted by Gasteiger charge is 2.17. The number of unbranched alkanes of at least 4 members (excludes halogenated alkanes) is 1. The zero-order chi connectivity index (χ0) is 20.0. The summed E-state index contributed by atoms with van der Waals surface area (Å²) < 4.78 is 11.7. The molecule has 0 spiro atoms. The molecule has 2 aromatic rings. The highest BCUT2D eigenvalue weighted by atomic mass is 16.5. The Balaban J connectivity index is 2.57. The number of methoxy groups -OCH3 is 2. The summed E-state index contributed by atoms with van der Waals surface area (Å²) in [7, 11) is 3.08. The zero-order valence-electron chi connectivity index (χ0n) is 15.9. The molecule has 142 valence electrons. The lowest BCUT2D eigenvalue weighted by Gasteiger charge is -2.13. The average molecular weight is 369 g/mol. The molecule has 1 N–H and O–H groups in total. The van der Waals surface area contributed by atoms with Crippen molar-refractivity contribution in [2.45, 2.75) is 33.2 Å². The molecule has 0 fully saturated rings. The number of pyridine rings is 1. The second-order valence-corrected chi connectivity index (χ2v) is 5.96. The topological polar surface area (TPSA) is 96.8 Å². The van der Waals surface area contributed by atoms with Crippen molar-refractivity contribution < 1.29 is 14.6 Å². The van der Waals surface area contributed by atoms with Gasteiger partial charge in [-0.25, -0.2) is 0 Å². The fraction of sp³-hybridized carbons (Fsp3) is 0.350. The van der Waals surface area contributed by atoms with Crippen LogP contribution in [0.15, 0.2) is 28.0 Å². The standard InChI is InChI=1S/C20H23N3O4/c1-5-6-9-23-19(24)15(11-21)13(2)16(20(23)25)12-22-17-8-7-14(26-3)10-18(17)27-4/h7-8,10,12,25H,5-6,9H2,1-4H3. The molecule has 27 heavy (non-hydrogen) atoms. The van der Waals surface area contributed by atoms with E-state index in [-0.39, 0.29) is 11.4 Å². The van der Waals surface area contributed by atoms with Gasteiger partial charge in [0.2, 0.25) is 5.88 Å². The lowest BCUT2D eigenvalue weighted by molar-refractivity contribution is 0.395. The van der Waals surface area contributed by atoms with Crippen molar-refractivity contribution in [3.63, 3.8) is 0 Å². The zero-order valence-corrected chi connectivity index (χ0v) is 15.9. The van der Waals surface area contributed by atoms with Gasteiger partial charge in [0.25, 0.3) is 5.56 Å². The van der Waals surface area contributed by atoms with Crippen molar-refractivity contribution in [2.75, 3.05) is 14.2 Å². The van der Waals surface area contributed by atoms with Crippen LogP contribution in [0.4, 0.5) is 5.69 Å². The normalized spacial score (nSPS) is 10.8. The summed E-state index contributed by atoms with van der Waals surface area (Å²) >= 11 is 0. The molecule has 0 amide bonds. The highest BCUT2D eigenvalue weighted by molar-refractivity contribution is 5.88. The lowest BCUT2D eigenvalue weighted by atomic mass is 10.1. The molecular formula is C20H23N3O4. The summed E-state index contributed by atoms with van der Waals surface area (Å²) in [6, 6.07) is 7.10. The number of rotatable bonds is 7. The summed E-state index contributed by atoms with van der Waals surface area (Å²) in [4.78, 5) is 16.8. The fourth-order valence-corrected chi connectivity index (χ4v) is 2.67. The second-order valence-electron chi connectivity index (χ2n) is 5.96. The fourth-order valence-electron chi connectivity index (χ4n) is 2.67. The third-order valence-electron chi connectivity index (χ3n) is 4.30. The van der Waals surface area contributed by atoms with Gasteiger partial charge >= 0.3 is 0 Å². The first-order valence-electron chi connectivity index (χ1n) is 8.61. The number of aromatic hydroxyl groups is 1. The van der Waals surface area contributed by atoms with Gasteiger partial charge in [0, 0.05) is 18.8 Å². The first kappa shape index (κ1) is 20.0. The molecule has 0 bridgehead atoms. The number of hydrogen-bond donors (Lipinski definition) is 1. The van der Waals surface area contributed by atoms with E-state index in [1.54, 1.807) is 32.2 Å². The van der Waals surface area contributed by atoms with Gasteiger partial charge in [-0.2, -0.15) is 5.26 Å². The second kappa shape index (κ2) is 8.90. The molecule has 7 heteroatoms. The Morgan fingerprint density at radius 3 is 2.67 bits per heavy atom. The van der Waals surface area contributed by atoms with E-state index in [4.69, 9.17) is 9.47 Å². The first-order valence-corrected chi connectivity index (χ1v) is 8.61. The Bertz CT molecular complexity index is 955. The maximum Gasteiger partial charge on any atom is 0.271 e. The van der Waals surface area contributed by atoms with Gasteiger partial charge in [-0.15, -0.1) is 0 Å². The van der Waals surface area contributed by atoms with Gasteiger partial charge in [0.15, 0.2) is 0 Å². The van der Waals surface area contributed by atoms with Gasteiger partial charge in [0.05, 0.1) is 19.8 Å². The predicted octanol–water partition coefficient (Wildman–Crippen LogP) is 3.30. The summed E-state index contributed by atoms with van der Waals surface area (Å²) in [5.41, 5.74) is 0.776. The number of aliphatic imine (C=N–C) groups is 1. The molecule has 0 unspecified atom stereocenters. The average Bonchev–Trinajstić information content (AvgIpc) is 2.68. The summed E-state index contributed by atoms with van der Waals surface area (Å²) in [5, 5.41) is 20.0. The number of hydrogen-bond acceptors (Lipinski definition) is 6. The number of ether oxygens (including phenoxy) is 2. The number of nitriles is 1. The van der Waals surface area contributed by atoms with E-state index in [9.17, 15) is 15.2 Å². The van der Waals surface area contributed by atoms with Crippen LogP contribution in [0.25, 0.3) is 0 Å². The maximum absolute atomic E-state index is 12.4. The van der Waals surface area contributed by atoms with Crippen molar-refractivity contribution >= 4 is 11.9 Å². The predicted molar refractivity (Wildman–Crippen MR) is 104 cm³/mol. The molecule has 0 radical (unpaired) electrons. The minimum Gasteiger partial charge on any atom is -0.497 e. The Kier molecular flexibility index (Phi) is 6.61. The van der Waals surface area contributed by atoms with Crippen LogP contribution in [0.5, 0.6) is 17.4 Å². The van der Waals surface area contributed by atoms with E-state index in [1.165, 1.54) is 17.9 Å². The summed E-state index contributed by atoms with van der Waals surface area (Å²) in [6.45, 7) is 3.94. The molecular weight excluding hydrogens is 346 g/mol. The van der Waals surface area contributed by atoms with E-state index in [2.05, 4.69) is 4.99 Å². The van der Waals surface area contributed by atoms with E-state index in [1.807, 2.05) is 13.0 Å². The molecule has 0 aliphatic heterocycles. The molecule has 0 aliphatic rings. The van der Waals surface area contributed by atoms with Gasteiger partial charge in [-0.05, 0) is 31.0 Å². The molecule has 1 aromatic carbocycles.